The minimum Gasteiger partial charge on any atom is -0.508 e. The van der Waals surface area contributed by atoms with E-state index in [1.165, 1.54) is 12.1 Å². The van der Waals surface area contributed by atoms with Crippen LogP contribution in [0.1, 0.15) is 71.2 Å². The number of phenolic OH excluding ortho intramolecular Hbond substituents is 1. The molecule has 5 heterocycles. The Morgan fingerprint density at radius 2 is 1.69 bits per heavy atom. The van der Waals surface area contributed by atoms with Crippen molar-refractivity contribution in [3.63, 3.8) is 0 Å². The van der Waals surface area contributed by atoms with Crippen LogP contribution in [0.15, 0.2) is 97.2 Å². The van der Waals surface area contributed by atoms with Crippen LogP contribution in [0.25, 0.3) is 43.2 Å². The van der Waals surface area contributed by atoms with Crippen molar-refractivity contribution in [1.29, 1.82) is 0 Å². The normalized spacial score (nSPS) is 18.7. The largest absolute Gasteiger partial charge is 0.508 e. The van der Waals surface area contributed by atoms with Crippen molar-refractivity contribution in [3.05, 3.63) is 119 Å². The number of halogens is 2. The van der Waals surface area contributed by atoms with Gasteiger partial charge in [0.25, 0.3) is 0 Å². The maximum absolute atomic E-state index is 17.2. The van der Waals surface area contributed by atoms with Crippen LogP contribution >= 0.6 is 22.9 Å². The lowest BCUT2D eigenvalue weighted by atomic mass is 9.85. The summed E-state index contributed by atoms with van der Waals surface area (Å²) in [6.07, 6.45) is 1.53. The van der Waals surface area contributed by atoms with Crippen molar-refractivity contribution in [2.24, 2.45) is 5.41 Å². The number of hydrogen-bond donors (Lipinski definition) is 4. The molecule has 2 aromatic heterocycles. The highest BCUT2D eigenvalue weighted by molar-refractivity contribution is 7.13. The van der Waals surface area contributed by atoms with Crippen molar-refractivity contribution in [3.8, 4) is 33.3 Å². The highest BCUT2D eigenvalue weighted by Crippen LogP contribution is 2.43. The van der Waals surface area contributed by atoms with Gasteiger partial charge < -0.3 is 45.0 Å². The van der Waals surface area contributed by atoms with E-state index in [1.807, 2.05) is 76.2 Å². The second kappa shape index (κ2) is 23.7. The second-order valence-electron chi connectivity index (χ2n) is 21.8. The first-order valence-corrected chi connectivity index (χ1v) is 27.8. The van der Waals surface area contributed by atoms with Crippen LogP contribution in [0.5, 0.6) is 11.8 Å². The molecule has 3 aliphatic rings. The lowest BCUT2D eigenvalue weighted by molar-refractivity contribution is -0.142. The number of aromatic nitrogens is 3. The number of ether oxygens (including phenoxy) is 2. The Labute approximate surface area is 463 Å². The second-order valence-corrected chi connectivity index (χ2v) is 23.0. The summed E-state index contributed by atoms with van der Waals surface area (Å²) >= 11 is 8.55. The van der Waals surface area contributed by atoms with E-state index in [-0.39, 0.29) is 65.0 Å². The summed E-state index contributed by atoms with van der Waals surface area (Å²) in [6.45, 7) is 22.9. The third-order valence-electron chi connectivity index (χ3n) is 15.0. The lowest BCUT2D eigenvalue weighted by Crippen LogP contribution is -2.57. The molecular formula is C59H69ClFN9O7S. The number of aryl methyl sites for hydroxylation is 1. The Kier molecular flexibility index (Phi) is 17.0. The number of phenols is 1. The third kappa shape index (κ3) is 12.4. The number of aromatic hydroxyl groups is 1. The van der Waals surface area contributed by atoms with Gasteiger partial charge in [0.15, 0.2) is 5.82 Å². The number of thiazole rings is 1. The quantitative estimate of drug-likeness (QED) is 0.0636. The van der Waals surface area contributed by atoms with Gasteiger partial charge in [-0.2, -0.15) is 9.97 Å². The maximum atomic E-state index is 17.2. The standard InChI is InChI=1S/C59H69ClFN9O7S/c1-9-50(74)68-22-24-69(25-23-68)56-46-29-47(60)51(45-27-41(71)26-40-12-10-11-13-44(40)45)52(61)53(46)65-58(66-56)77-34(2)30-67-20-18-43(19-21-67)76-32-49(73)64-55(59(6,7)8)57(75)70-31-42(72)28-48(70)36(4)63-35(3)38-14-16-39(17-15-38)54-37(5)62-33-78-54/h9-17,26-27,29,33-35,42-43,48,55,63,71-72H,1,4,18-25,28,30-32H2,2-3,5-8H3,(H,64,73)/t34-,35+,42-,48+,55-/m1/s1. The topological polar surface area (TPSA) is 186 Å². The fourth-order valence-electron chi connectivity index (χ4n) is 10.9. The number of anilines is 1. The number of piperazine rings is 1. The van der Waals surface area contributed by atoms with Gasteiger partial charge >= 0.3 is 6.01 Å². The number of fused-ring (bicyclic) bond motifs is 2. The number of hydrogen-bond acceptors (Lipinski definition) is 14. The Bertz CT molecular complexity index is 3210. The van der Waals surface area contributed by atoms with E-state index in [0.29, 0.717) is 98.3 Å². The van der Waals surface area contributed by atoms with E-state index >= 15 is 4.39 Å². The number of amides is 3. The molecule has 9 rings (SSSR count). The summed E-state index contributed by atoms with van der Waals surface area (Å²) < 4.78 is 29.8. The van der Waals surface area contributed by atoms with Gasteiger partial charge in [0.2, 0.25) is 17.7 Å². The third-order valence-corrected chi connectivity index (χ3v) is 16.3. The van der Waals surface area contributed by atoms with Crippen LogP contribution < -0.4 is 20.3 Å². The van der Waals surface area contributed by atoms with E-state index in [1.54, 1.807) is 33.3 Å². The van der Waals surface area contributed by atoms with Gasteiger partial charge in [-0.1, -0.05) is 94.1 Å². The van der Waals surface area contributed by atoms with E-state index in [9.17, 15) is 24.6 Å². The molecule has 3 aliphatic heterocycles. The summed E-state index contributed by atoms with van der Waals surface area (Å²) in [5, 5.41) is 29.9. The fourth-order valence-corrected chi connectivity index (χ4v) is 12.0. The summed E-state index contributed by atoms with van der Waals surface area (Å²) in [5.41, 5.74) is 5.43. The molecule has 3 fully saturated rings. The van der Waals surface area contributed by atoms with Crippen LogP contribution in [0.2, 0.25) is 5.02 Å². The number of β-amino-alcohol motifs (C(OH)–C–C–N with tert-alkyl or cyclic N) is 1. The number of rotatable bonds is 17. The van der Waals surface area contributed by atoms with Crippen LogP contribution in [0.3, 0.4) is 0 Å². The van der Waals surface area contributed by atoms with Gasteiger partial charge in [-0.05, 0) is 90.8 Å². The summed E-state index contributed by atoms with van der Waals surface area (Å²) in [4.78, 5) is 63.0. The zero-order valence-electron chi connectivity index (χ0n) is 45.1. The Morgan fingerprint density at radius 1 is 0.974 bits per heavy atom. The molecule has 5 atom stereocenters. The molecule has 0 bridgehead atoms. The number of piperidine rings is 1. The first-order chi connectivity index (χ1) is 37.3. The molecule has 4 aromatic carbocycles. The zero-order chi connectivity index (χ0) is 55.6. The highest BCUT2D eigenvalue weighted by Gasteiger charge is 2.43. The van der Waals surface area contributed by atoms with Crippen molar-refractivity contribution >= 4 is 68.2 Å². The van der Waals surface area contributed by atoms with Gasteiger partial charge in [0.1, 0.15) is 35.8 Å². The van der Waals surface area contributed by atoms with Crippen molar-refractivity contribution in [2.75, 3.05) is 63.9 Å². The minimum atomic E-state index is -0.895. The van der Waals surface area contributed by atoms with E-state index in [2.05, 4.69) is 62.9 Å². The summed E-state index contributed by atoms with van der Waals surface area (Å²) in [7, 11) is 0. The number of carbonyl (C=O) groups is 3. The predicted octanol–water partition coefficient (Wildman–Crippen LogP) is 8.82. The molecule has 19 heteroatoms. The first kappa shape index (κ1) is 56.0. The Balaban J connectivity index is 0.810. The molecule has 3 amide bonds. The average molecular weight is 1100 g/mol. The summed E-state index contributed by atoms with van der Waals surface area (Å²) in [6, 6.07) is 18.9. The monoisotopic (exact) mass is 1100 g/mol. The lowest BCUT2D eigenvalue weighted by Gasteiger charge is -2.37. The first-order valence-electron chi connectivity index (χ1n) is 26.6. The molecule has 16 nitrogen and oxygen atoms in total. The maximum Gasteiger partial charge on any atom is 0.319 e. The fraction of sp³-hybridized carbons (Fsp3) is 0.424. The summed E-state index contributed by atoms with van der Waals surface area (Å²) in [5.74, 6) is -1.18. The van der Waals surface area contributed by atoms with E-state index in [4.69, 9.17) is 26.1 Å². The van der Waals surface area contributed by atoms with E-state index < -0.39 is 41.4 Å². The Hall–Kier alpha value is -6.70. The highest BCUT2D eigenvalue weighted by atomic mass is 35.5. The van der Waals surface area contributed by atoms with E-state index in [0.717, 1.165) is 21.7 Å². The van der Waals surface area contributed by atoms with Crippen molar-refractivity contribution in [2.45, 2.75) is 97.2 Å². The predicted molar refractivity (Wildman–Crippen MR) is 304 cm³/mol. The average Bonchev–Trinajstić information content (AvgIpc) is 4.17. The Morgan fingerprint density at radius 3 is 2.37 bits per heavy atom. The molecule has 412 valence electrons. The van der Waals surface area contributed by atoms with Gasteiger partial charge in [0, 0.05) is 81.5 Å². The molecule has 6 aromatic rings. The van der Waals surface area contributed by atoms with Crippen LogP contribution in [0, 0.1) is 18.2 Å². The molecule has 0 saturated carbocycles. The number of nitrogens with zero attached hydrogens (tertiary/aromatic N) is 7. The molecule has 3 saturated heterocycles. The number of carbonyl (C=O) groups excluding carboxylic acids is 3. The van der Waals surface area contributed by atoms with Gasteiger partial charge in [0.05, 0.1) is 39.4 Å². The number of benzene rings is 4. The molecule has 0 spiro atoms. The SMILES string of the molecule is C=CC(=O)N1CCN(c2nc(O[C@H](C)CN3CCC(OCC(=O)N[C@H](C(=O)N4C[C@H](O)C[C@H]4C(=C)N[C@@H](C)c4ccc(-c5scnc5C)cc4)C(C)(C)C)CC3)nc3c(F)c(-c4cc(O)cc5ccccc45)c(Cl)cc23)CC1. The van der Waals surface area contributed by atoms with Gasteiger partial charge in [-0.15, -0.1) is 11.3 Å². The van der Waals surface area contributed by atoms with Crippen LogP contribution in [0.4, 0.5) is 10.2 Å². The van der Waals surface area contributed by atoms with Crippen LogP contribution in [-0.2, 0) is 19.1 Å². The molecular weight excluding hydrogens is 1030 g/mol. The number of aliphatic hydroxyl groups is 1. The van der Waals surface area contributed by atoms with Gasteiger partial charge in [-0.25, -0.2) is 9.37 Å². The number of aliphatic hydroxyl groups excluding tert-OH is 1. The molecule has 0 unspecified atom stereocenters. The zero-order valence-corrected chi connectivity index (χ0v) is 46.7. The molecule has 78 heavy (non-hydrogen) atoms. The molecule has 4 N–H and O–H groups in total. The van der Waals surface area contributed by atoms with Crippen molar-refractivity contribution < 1.29 is 38.5 Å². The number of likely N-dealkylation sites (tertiary alicyclic amines) is 2. The molecule has 0 aliphatic carbocycles. The van der Waals surface area contributed by atoms with Gasteiger partial charge in [-0.3, -0.25) is 19.3 Å². The number of nitrogens with one attached hydrogen (secondary N) is 2. The molecule has 0 radical (unpaired) electrons. The van der Waals surface area contributed by atoms with Crippen molar-refractivity contribution in [1.82, 2.24) is 40.3 Å². The van der Waals surface area contributed by atoms with Crippen LogP contribution in [-0.4, -0.2) is 147 Å². The minimum absolute atomic E-state index is 0.00261. The smallest absolute Gasteiger partial charge is 0.319 e.